The van der Waals surface area contributed by atoms with Crippen LogP contribution >= 0.6 is 34.5 Å². The van der Waals surface area contributed by atoms with Crippen molar-refractivity contribution in [2.75, 3.05) is 11.9 Å². The number of imidazole rings is 1. The molecule has 0 unspecified atom stereocenters. The third-order valence-corrected chi connectivity index (χ3v) is 6.60. The van der Waals surface area contributed by atoms with Gasteiger partial charge in [0.15, 0.2) is 5.65 Å². The van der Waals surface area contributed by atoms with E-state index in [1.54, 1.807) is 30.5 Å². The Morgan fingerprint density at radius 1 is 1.31 bits per heavy atom. The third-order valence-electron chi connectivity index (χ3n) is 4.91. The fraction of sp³-hybridized carbons (Fsp3) is 0.350. The van der Waals surface area contributed by atoms with Crippen molar-refractivity contribution in [2.24, 2.45) is 0 Å². The van der Waals surface area contributed by atoms with Crippen LogP contribution in [0, 0.1) is 6.92 Å². The van der Waals surface area contributed by atoms with Crippen molar-refractivity contribution in [3.8, 4) is 0 Å². The lowest BCUT2D eigenvalue weighted by atomic mass is 9.95. The molecule has 0 atom stereocenters. The van der Waals surface area contributed by atoms with E-state index in [4.69, 9.17) is 27.9 Å². The molecule has 152 valence electrons. The number of esters is 1. The van der Waals surface area contributed by atoms with Crippen molar-refractivity contribution in [2.45, 2.75) is 39.5 Å². The predicted octanol–water partition coefficient (Wildman–Crippen LogP) is 5.32. The summed E-state index contributed by atoms with van der Waals surface area (Å²) in [6, 6.07) is 1.58. The Morgan fingerprint density at radius 2 is 2.07 bits per heavy atom. The number of pyridine rings is 1. The zero-order chi connectivity index (χ0) is 20.7. The summed E-state index contributed by atoms with van der Waals surface area (Å²) < 4.78 is 6.83. The van der Waals surface area contributed by atoms with Crippen LogP contribution in [0.4, 0.5) is 5.00 Å². The fourth-order valence-electron chi connectivity index (χ4n) is 3.70. The van der Waals surface area contributed by atoms with Crippen molar-refractivity contribution >= 4 is 57.1 Å². The number of carbonyl (C=O) groups is 2. The second-order valence-corrected chi connectivity index (χ2v) is 8.78. The van der Waals surface area contributed by atoms with Crippen molar-refractivity contribution in [1.82, 2.24) is 9.38 Å². The molecule has 0 aromatic carbocycles. The topological polar surface area (TPSA) is 72.7 Å². The highest BCUT2D eigenvalue weighted by molar-refractivity contribution is 7.17. The second-order valence-electron chi connectivity index (χ2n) is 6.84. The summed E-state index contributed by atoms with van der Waals surface area (Å²) >= 11 is 13.8. The molecular weight excluding hydrogens is 433 g/mol. The van der Waals surface area contributed by atoms with Crippen LogP contribution < -0.4 is 5.32 Å². The Hall–Kier alpha value is -2.09. The monoisotopic (exact) mass is 451 g/mol. The standard InChI is InChI=1S/C20H19Cl2N3O3S/c1-3-28-20(27)15-12-6-4-5-7-14(12)29-19(15)24-18(26)16-10(2)23-17-13(22)8-11(21)9-25(16)17/h8-9H,3-7H2,1-2H3,(H,24,26). The molecule has 4 rings (SSSR count). The molecule has 29 heavy (non-hydrogen) atoms. The minimum absolute atomic E-state index is 0.278. The molecule has 1 aliphatic rings. The number of thiophene rings is 1. The smallest absolute Gasteiger partial charge is 0.341 e. The van der Waals surface area contributed by atoms with Gasteiger partial charge in [-0.2, -0.15) is 0 Å². The average molecular weight is 452 g/mol. The van der Waals surface area contributed by atoms with E-state index in [9.17, 15) is 9.59 Å². The summed E-state index contributed by atoms with van der Waals surface area (Å²) in [6.45, 7) is 3.78. The molecule has 1 aliphatic carbocycles. The van der Waals surface area contributed by atoms with Gasteiger partial charge in [-0.1, -0.05) is 23.2 Å². The summed E-state index contributed by atoms with van der Waals surface area (Å²) in [5.74, 6) is -0.777. The van der Waals surface area contributed by atoms with E-state index in [0.29, 0.717) is 37.6 Å². The molecule has 1 amide bonds. The molecule has 6 nitrogen and oxygen atoms in total. The summed E-state index contributed by atoms with van der Waals surface area (Å²) in [5, 5.41) is 4.19. The maximum Gasteiger partial charge on any atom is 0.341 e. The predicted molar refractivity (Wildman–Crippen MR) is 115 cm³/mol. The van der Waals surface area contributed by atoms with Gasteiger partial charge in [-0.3, -0.25) is 9.20 Å². The van der Waals surface area contributed by atoms with Gasteiger partial charge in [0.25, 0.3) is 5.91 Å². The average Bonchev–Trinajstić information content (AvgIpc) is 3.18. The first-order valence-electron chi connectivity index (χ1n) is 9.37. The number of carbonyl (C=O) groups excluding carboxylic acids is 2. The zero-order valence-electron chi connectivity index (χ0n) is 16.0. The van der Waals surface area contributed by atoms with Gasteiger partial charge in [0, 0.05) is 11.1 Å². The molecule has 1 N–H and O–H groups in total. The van der Waals surface area contributed by atoms with Crippen molar-refractivity contribution < 1.29 is 14.3 Å². The van der Waals surface area contributed by atoms with Gasteiger partial charge in [0.2, 0.25) is 0 Å². The Kier molecular flexibility index (Phi) is 5.55. The molecule has 0 saturated carbocycles. The van der Waals surface area contributed by atoms with Gasteiger partial charge < -0.3 is 10.1 Å². The maximum absolute atomic E-state index is 13.2. The van der Waals surface area contributed by atoms with Crippen LogP contribution in [0.2, 0.25) is 10.0 Å². The number of halogens is 2. The molecule has 0 saturated heterocycles. The van der Waals surface area contributed by atoms with Gasteiger partial charge in [0.1, 0.15) is 10.7 Å². The number of rotatable bonds is 4. The molecule has 0 aliphatic heterocycles. The van der Waals surface area contributed by atoms with E-state index < -0.39 is 5.97 Å². The van der Waals surface area contributed by atoms with Crippen LogP contribution in [0.25, 0.3) is 5.65 Å². The molecule has 0 bridgehead atoms. The highest BCUT2D eigenvalue weighted by Crippen LogP contribution is 2.39. The number of ether oxygens (including phenoxy) is 1. The lowest BCUT2D eigenvalue weighted by Crippen LogP contribution is -2.18. The van der Waals surface area contributed by atoms with E-state index >= 15 is 0 Å². The second kappa shape index (κ2) is 7.97. The van der Waals surface area contributed by atoms with E-state index in [2.05, 4.69) is 10.3 Å². The van der Waals surface area contributed by atoms with Crippen molar-refractivity contribution in [1.29, 1.82) is 0 Å². The summed E-state index contributed by atoms with van der Waals surface area (Å²) in [4.78, 5) is 31.3. The highest BCUT2D eigenvalue weighted by Gasteiger charge is 2.28. The molecule has 0 spiro atoms. The van der Waals surface area contributed by atoms with E-state index in [1.807, 2.05) is 0 Å². The van der Waals surface area contributed by atoms with Crippen LogP contribution in [0.3, 0.4) is 0 Å². The van der Waals surface area contributed by atoms with E-state index in [1.165, 1.54) is 11.3 Å². The molecular formula is C20H19Cl2N3O3S. The Bertz CT molecular complexity index is 1140. The molecule has 0 radical (unpaired) electrons. The minimum Gasteiger partial charge on any atom is -0.462 e. The largest absolute Gasteiger partial charge is 0.462 e. The van der Waals surface area contributed by atoms with Crippen molar-refractivity contribution in [3.63, 3.8) is 0 Å². The molecule has 3 aromatic heterocycles. The quantitative estimate of drug-likeness (QED) is 0.544. The summed E-state index contributed by atoms with van der Waals surface area (Å²) in [7, 11) is 0. The number of hydrogen-bond donors (Lipinski definition) is 1. The summed E-state index contributed by atoms with van der Waals surface area (Å²) in [5.41, 5.74) is 2.77. The first-order chi connectivity index (χ1) is 13.9. The van der Waals surface area contributed by atoms with Gasteiger partial charge in [-0.05, 0) is 51.2 Å². The maximum atomic E-state index is 13.2. The first-order valence-corrected chi connectivity index (χ1v) is 10.9. The van der Waals surface area contributed by atoms with Crippen LogP contribution in [0.1, 0.15) is 56.7 Å². The van der Waals surface area contributed by atoms with Gasteiger partial charge in [-0.15, -0.1) is 11.3 Å². The highest BCUT2D eigenvalue weighted by atomic mass is 35.5. The van der Waals surface area contributed by atoms with Crippen LogP contribution in [0.15, 0.2) is 12.3 Å². The van der Waals surface area contributed by atoms with E-state index in [0.717, 1.165) is 36.1 Å². The molecule has 3 aromatic rings. The van der Waals surface area contributed by atoms with Gasteiger partial charge in [0.05, 0.1) is 27.9 Å². The van der Waals surface area contributed by atoms with Crippen molar-refractivity contribution in [3.05, 3.63) is 49.7 Å². The molecule has 0 fully saturated rings. The fourth-order valence-corrected chi connectivity index (χ4v) is 5.48. The number of aryl methyl sites for hydroxylation is 2. The Labute approximate surface area is 181 Å². The number of aromatic nitrogens is 2. The van der Waals surface area contributed by atoms with E-state index in [-0.39, 0.29) is 12.5 Å². The number of hydrogen-bond acceptors (Lipinski definition) is 5. The number of nitrogens with one attached hydrogen (secondary N) is 1. The third kappa shape index (κ3) is 3.63. The SMILES string of the molecule is CCOC(=O)c1c(NC(=O)c2c(C)nc3c(Cl)cc(Cl)cn23)sc2c1CCCC2. The lowest BCUT2D eigenvalue weighted by Gasteiger charge is -2.12. The van der Waals surface area contributed by atoms with Gasteiger partial charge >= 0.3 is 5.97 Å². The number of anilines is 1. The van der Waals surface area contributed by atoms with Crippen LogP contribution in [-0.2, 0) is 17.6 Å². The minimum atomic E-state index is -0.400. The van der Waals surface area contributed by atoms with Gasteiger partial charge in [-0.25, -0.2) is 9.78 Å². The van der Waals surface area contributed by atoms with Crippen LogP contribution in [-0.4, -0.2) is 27.9 Å². The zero-order valence-corrected chi connectivity index (χ0v) is 18.3. The Balaban J connectivity index is 1.76. The first kappa shape index (κ1) is 20.2. The number of fused-ring (bicyclic) bond motifs is 2. The Morgan fingerprint density at radius 3 is 2.83 bits per heavy atom. The normalized spacial score (nSPS) is 13.4. The lowest BCUT2D eigenvalue weighted by molar-refractivity contribution is 0.0526. The number of amides is 1. The number of nitrogens with zero attached hydrogens (tertiary/aromatic N) is 2. The summed E-state index contributed by atoms with van der Waals surface area (Å²) in [6.07, 6.45) is 5.42. The molecule has 3 heterocycles. The molecule has 9 heteroatoms. The van der Waals surface area contributed by atoms with Crippen LogP contribution in [0.5, 0.6) is 0 Å².